The molecule has 3 nitrogen and oxygen atoms in total. The molecule has 0 radical (unpaired) electrons. The lowest BCUT2D eigenvalue weighted by Crippen LogP contribution is -2.29. The minimum Gasteiger partial charge on any atom is -0.399 e. The number of carbonyl (C=O) groups excluding carboxylic acids is 1. The van der Waals surface area contributed by atoms with Crippen molar-refractivity contribution in [1.29, 1.82) is 0 Å². The summed E-state index contributed by atoms with van der Waals surface area (Å²) in [6.07, 6.45) is 0.853. The molecule has 0 spiro atoms. The summed E-state index contributed by atoms with van der Waals surface area (Å²) >= 11 is 6.08. The van der Waals surface area contributed by atoms with E-state index in [-0.39, 0.29) is 5.91 Å². The van der Waals surface area contributed by atoms with E-state index in [2.05, 4.69) is 0 Å². The summed E-state index contributed by atoms with van der Waals surface area (Å²) in [5.74, 6) is -0.0741. The van der Waals surface area contributed by atoms with E-state index in [0.717, 1.165) is 17.7 Å². The number of carbonyl (C=O) groups is 1. The molecule has 3 rings (SSSR count). The van der Waals surface area contributed by atoms with Crippen LogP contribution in [0.2, 0.25) is 5.02 Å². The number of hydrogen-bond donors (Lipinski definition) is 1. The Bertz CT molecular complexity index is 654. The maximum Gasteiger partial charge on any atom is 0.259 e. The Morgan fingerprint density at radius 2 is 2.00 bits per heavy atom. The minimum absolute atomic E-state index is 0.0741. The Kier molecular flexibility index (Phi) is 2.91. The molecule has 0 saturated carbocycles. The van der Waals surface area contributed by atoms with E-state index in [9.17, 15) is 4.79 Å². The van der Waals surface area contributed by atoms with Crippen LogP contribution in [0.3, 0.4) is 0 Å². The highest BCUT2D eigenvalue weighted by Crippen LogP contribution is 2.32. The molecular formula is C15H13ClN2O. The fourth-order valence-corrected chi connectivity index (χ4v) is 2.60. The van der Waals surface area contributed by atoms with Crippen LogP contribution in [0.15, 0.2) is 42.5 Å². The Labute approximate surface area is 116 Å². The van der Waals surface area contributed by atoms with Crippen molar-refractivity contribution in [3.05, 3.63) is 58.6 Å². The van der Waals surface area contributed by atoms with Crippen LogP contribution in [0.4, 0.5) is 11.4 Å². The van der Waals surface area contributed by atoms with Gasteiger partial charge < -0.3 is 10.6 Å². The van der Waals surface area contributed by atoms with Gasteiger partial charge in [0.1, 0.15) is 0 Å². The van der Waals surface area contributed by atoms with Crippen LogP contribution < -0.4 is 10.6 Å². The van der Waals surface area contributed by atoms with Crippen molar-refractivity contribution in [3.8, 4) is 0 Å². The van der Waals surface area contributed by atoms with E-state index < -0.39 is 0 Å². The van der Waals surface area contributed by atoms with Crippen LogP contribution in [0.25, 0.3) is 0 Å². The average molecular weight is 273 g/mol. The lowest BCUT2D eigenvalue weighted by atomic mass is 10.1. The van der Waals surface area contributed by atoms with Crippen molar-refractivity contribution >= 4 is 28.9 Å². The zero-order valence-electron chi connectivity index (χ0n) is 10.3. The smallest absolute Gasteiger partial charge is 0.259 e. The molecule has 4 heteroatoms. The third kappa shape index (κ3) is 2.06. The molecule has 0 unspecified atom stereocenters. The van der Waals surface area contributed by atoms with Crippen LogP contribution in [-0.2, 0) is 6.42 Å². The van der Waals surface area contributed by atoms with E-state index in [0.29, 0.717) is 22.8 Å². The molecule has 2 N–H and O–H groups in total. The number of nitrogens with zero attached hydrogens (tertiary/aromatic N) is 1. The van der Waals surface area contributed by atoms with Gasteiger partial charge in [0.25, 0.3) is 5.91 Å². The number of amides is 1. The first kappa shape index (κ1) is 12.1. The molecule has 0 fully saturated rings. The summed E-state index contributed by atoms with van der Waals surface area (Å²) < 4.78 is 0. The van der Waals surface area contributed by atoms with Crippen molar-refractivity contribution in [1.82, 2.24) is 0 Å². The first-order chi connectivity index (χ1) is 9.16. The van der Waals surface area contributed by atoms with Crippen LogP contribution in [0, 0.1) is 0 Å². The molecule has 0 aliphatic carbocycles. The molecular weight excluding hydrogens is 260 g/mol. The van der Waals surface area contributed by atoms with Crippen molar-refractivity contribution in [2.45, 2.75) is 6.42 Å². The molecule has 2 aromatic carbocycles. The van der Waals surface area contributed by atoms with Gasteiger partial charge in [0.2, 0.25) is 0 Å². The number of halogens is 1. The molecule has 1 heterocycles. The van der Waals surface area contributed by atoms with Gasteiger partial charge in [-0.05, 0) is 36.2 Å². The summed E-state index contributed by atoms with van der Waals surface area (Å²) in [5, 5.41) is 0.477. The molecule has 0 aromatic heterocycles. The summed E-state index contributed by atoms with van der Waals surface area (Å²) in [6, 6.07) is 12.8. The number of benzene rings is 2. The Balaban J connectivity index is 2.00. The Morgan fingerprint density at radius 3 is 2.79 bits per heavy atom. The van der Waals surface area contributed by atoms with E-state index in [1.54, 1.807) is 17.0 Å². The molecule has 0 atom stereocenters. The largest absolute Gasteiger partial charge is 0.399 e. The second-order valence-electron chi connectivity index (χ2n) is 4.57. The predicted molar refractivity (Wildman–Crippen MR) is 77.7 cm³/mol. The highest BCUT2D eigenvalue weighted by Gasteiger charge is 2.26. The second kappa shape index (κ2) is 4.59. The highest BCUT2D eigenvalue weighted by molar-refractivity contribution is 6.34. The predicted octanol–water partition coefficient (Wildman–Crippen LogP) is 3.13. The Morgan fingerprint density at radius 1 is 1.21 bits per heavy atom. The summed E-state index contributed by atoms with van der Waals surface area (Å²) in [6.45, 7) is 0.669. The summed E-state index contributed by atoms with van der Waals surface area (Å²) in [5.41, 5.74) is 9.03. The van der Waals surface area contributed by atoms with Gasteiger partial charge in [-0.15, -0.1) is 0 Å². The lowest BCUT2D eigenvalue weighted by molar-refractivity contribution is 0.0989. The monoisotopic (exact) mass is 272 g/mol. The van der Waals surface area contributed by atoms with Crippen LogP contribution >= 0.6 is 11.6 Å². The normalized spacial score (nSPS) is 13.4. The van der Waals surface area contributed by atoms with Crippen molar-refractivity contribution in [2.75, 3.05) is 17.2 Å². The molecule has 1 amide bonds. The van der Waals surface area contributed by atoms with E-state index >= 15 is 0 Å². The molecule has 1 aliphatic heterocycles. The number of fused-ring (bicyclic) bond motifs is 1. The third-order valence-corrected chi connectivity index (χ3v) is 3.68. The molecule has 1 aliphatic rings. The standard InChI is InChI=1S/C15H13ClN2O/c16-13-4-2-1-3-12(13)15(19)18-8-7-10-5-6-11(17)9-14(10)18/h1-6,9H,7-8,17H2. The van der Waals surface area contributed by atoms with Gasteiger partial charge in [0.05, 0.1) is 10.6 Å². The zero-order chi connectivity index (χ0) is 13.4. The first-order valence-electron chi connectivity index (χ1n) is 6.11. The molecule has 0 saturated heterocycles. The van der Waals surface area contributed by atoms with Crippen LogP contribution in [-0.4, -0.2) is 12.5 Å². The van der Waals surface area contributed by atoms with Gasteiger partial charge in [-0.25, -0.2) is 0 Å². The lowest BCUT2D eigenvalue weighted by Gasteiger charge is -2.18. The Hall–Kier alpha value is -2.00. The van der Waals surface area contributed by atoms with Crippen molar-refractivity contribution in [3.63, 3.8) is 0 Å². The van der Waals surface area contributed by atoms with Crippen molar-refractivity contribution in [2.24, 2.45) is 0 Å². The number of nitrogens with two attached hydrogens (primary N) is 1. The van der Waals surface area contributed by atoms with Gasteiger partial charge in [-0.3, -0.25) is 4.79 Å². The zero-order valence-corrected chi connectivity index (χ0v) is 11.0. The average Bonchev–Trinajstić information content (AvgIpc) is 2.81. The highest BCUT2D eigenvalue weighted by atomic mass is 35.5. The van der Waals surface area contributed by atoms with E-state index in [1.807, 2.05) is 30.3 Å². The molecule has 0 bridgehead atoms. The fraction of sp³-hybridized carbons (Fsp3) is 0.133. The SMILES string of the molecule is Nc1ccc2c(c1)N(C(=O)c1ccccc1Cl)CC2. The number of rotatable bonds is 1. The van der Waals surface area contributed by atoms with E-state index in [1.165, 1.54) is 0 Å². The van der Waals surface area contributed by atoms with Crippen LogP contribution in [0.5, 0.6) is 0 Å². The van der Waals surface area contributed by atoms with E-state index in [4.69, 9.17) is 17.3 Å². The van der Waals surface area contributed by atoms with Gasteiger partial charge in [0, 0.05) is 17.9 Å². The molecule has 19 heavy (non-hydrogen) atoms. The summed E-state index contributed by atoms with van der Waals surface area (Å²) in [7, 11) is 0. The number of nitrogen functional groups attached to an aromatic ring is 1. The number of anilines is 2. The summed E-state index contributed by atoms with van der Waals surface area (Å²) in [4.78, 5) is 14.3. The van der Waals surface area contributed by atoms with Gasteiger partial charge in [-0.2, -0.15) is 0 Å². The maximum absolute atomic E-state index is 12.5. The number of hydrogen-bond acceptors (Lipinski definition) is 2. The fourth-order valence-electron chi connectivity index (χ4n) is 2.39. The van der Waals surface area contributed by atoms with Crippen LogP contribution in [0.1, 0.15) is 15.9 Å². The first-order valence-corrected chi connectivity index (χ1v) is 6.49. The van der Waals surface area contributed by atoms with Gasteiger partial charge in [-0.1, -0.05) is 29.8 Å². The quantitative estimate of drug-likeness (QED) is 0.811. The topological polar surface area (TPSA) is 46.3 Å². The molecule has 96 valence electrons. The van der Waals surface area contributed by atoms with Gasteiger partial charge in [0.15, 0.2) is 0 Å². The minimum atomic E-state index is -0.0741. The van der Waals surface area contributed by atoms with Gasteiger partial charge >= 0.3 is 0 Å². The van der Waals surface area contributed by atoms with Crippen molar-refractivity contribution < 1.29 is 4.79 Å². The maximum atomic E-state index is 12.5. The second-order valence-corrected chi connectivity index (χ2v) is 4.98. The third-order valence-electron chi connectivity index (χ3n) is 3.35. The molecule has 2 aromatic rings.